The molecular weight excluding hydrogens is 148 g/mol. The van der Waals surface area contributed by atoms with Crippen LogP contribution >= 0.6 is 0 Å². The first-order valence-corrected chi connectivity index (χ1v) is 3.21. The van der Waals surface area contributed by atoms with Crippen LogP contribution in [0.3, 0.4) is 0 Å². The van der Waals surface area contributed by atoms with Gasteiger partial charge in [0.15, 0.2) is 0 Å². The first-order valence-electron chi connectivity index (χ1n) is 1.80. The lowest BCUT2D eigenvalue weighted by Gasteiger charge is -1.78. The summed E-state index contributed by atoms with van der Waals surface area (Å²) in [5, 5.41) is 9.69. The largest absolute Gasteiger partial charge is 0.361 e. The summed E-state index contributed by atoms with van der Waals surface area (Å²) >= 11 is 0. The molecule has 1 N–H and O–H groups in total. The summed E-state index contributed by atoms with van der Waals surface area (Å²) in [6.45, 7) is 0. The Labute approximate surface area is 49.8 Å². The summed E-state index contributed by atoms with van der Waals surface area (Å²) in [5.74, 6) is 0. The lowest BCUT2D eigenvalue weighted by Crippen LogP contribution is -1.98. The molecule has 0 bridgehead atoms. The monoisotopic (exact) mass is 149 g/mol. The Morgan fingerprint density at radius 3 is 2.33 bits per heavy atom. The minimum absolute atomic E-state index is 0.762. The number of aromatic nitrogens is 4. The summed E-state index contributed by atoms with van der Waals surface area (Å²) < 4.78 is 29.9. The standard InChI is InChI=1S/CHN4O3S/c6-9(7,8)1-2-4-5-3-1/h(H,2,3,4,5). The normalized spacial score (nSPS) is 11.7. The fourth-order valence-electron chi connectivity index (χ4n) is 0.256. The zero-order valence-electron chi connectivity index (χ0n) is 3.97. The zero-order valence-corrected chi connectivity index (χ0v) is 4.79. The molecule has 0 amide bonds. The van der Waals surface area contributed by atoms with E-state index in [1.807, 2.05) is 0 Å². The summed E-state index contributed by atoms with van der Waals surface area (Å²) in [6, 6.07) is 0. The Kier molecular flexibility index (Phi) is 1.18. The van der Waals surface area contributed by atoms with Gasteiger partial charge in [-0.05, 0) is 10.4 Å². The lowest BCUT2D eigenvalue weighted by atomic mass is 11.4. The predicted octanol–water partition coefficient (Wildman–Crippen LogP) is -1.68. The van der Waals surface area contributed by atoms with Crippen LogP contribution < -0.4 is 0 Å². The second-order valence-corrected chi connectivity index (χ2v) is 2.46. The zero-order chi connectivity index (χ0) is 6.91. The van der Waals surface area contributed by atoms with E-state index >= 15 is 0 Å². The highest BCUT2D eigenvalue weighted by molar-refractivity contribution is 7.85. The Bertz CT molecular complexity index is 273. The summed E-state index contributed by atoms with van der Waals surface area (Å²) in [4.78, 5) is 0. The Morgan fingerprint density at radius 2 is 2.11 bits per heavy atom. The topological polar surface area (TPSA) is 108 Å². The Hall–Kier alpha value is -1.02. The van der Waals surface area contributed by atoms with Crippen LogP contribution in [0.4, 0.5) is 0 Å². The quantitative estimate of drug-likeness (QED) is 0.512. The SMILES string of the molecule is [O]S(=O)(=O)c1nnn[nH]1. The Balaban J connectivity index is 3.20. The molecule has 0 saturated carbocycles. The lowest BCUT2D eigenvalue weighted by molar-refractivity contribution is 0.407. The van der Waals surface area contributed by atoms with E-state index in [4.69, 9.17) is 0 Å². The molecule has 0 spiro atoms. The number of H-pyrrole nitrogens is 1. The van der Waals surface area contributed by atoms with Crippen molar-refractivity contribution in [3.8, 4) is 0 Å². The van der Waals surface area contributed by atoms with Crippen molar-refractivity contribution in [2.75, 3.05) is 0 Å². The van der Waals surface area contributed by atoms with Gasteiger partial charge in [-0.15, -0.1) is 0 Å². The van der Waals surface area contributed by atoms with Crippen LogP contribution in [-0.2, 0) is 14.7 Å². The van der Waals surface area contributed by atoms with Gasteiger partial charge in [-0.25, -0.2) is 5.10 Å². The average Bonchev–Trinajstić information content (AvgIpc) is 2.08. The molecule has 0 unspecified atom stereocenters. The van der Waals surface area contributed by atoms with Crippen molar-refractivity contribution < 1.29 is 13.0 Å². The van der Waals surface area contributed by atoms with Crippen LogP contribution in [0, 0.1) is 0 Å². The number of nitrogens with zero attached hydrogens (tertiary/aromatic N) is 3. The highest BCUT2D eigenvalue weighted by Gasteiger charge is 2.14. The van der Waals surface area contributed by atoms with E-state index < -0.39 is 15.3 Å². The van der Waals surface area contributed by atoms with Crippen molar-refractivity contribution in [3.63, 3.8) is 0 Å². The van der Waals surface area contributed by atoms with Crippen LogP contribution in [0.1, 0.15) is 0 Å². The van der Waals surface area contributed by atoms with Crippen molar-refractivity contribution in [2.24, 2.45) is 0 Å². The smallest absolute Gasteiger partial charge is 0.228 e. The van der Waals surface area contributed by atoms with Crippen LogP contribution in [0.5, 0.6) is 0 Å². The first-order chi connectivity index (χ1) is 4.11. The predicted molar refractivity (Wildman–Crippen MR) is 22.1 cm³/mol. The first kappa shape index (κ1) is 6.11. The Morgan fingerprint density at radius 1 is 1.44 bits per heavy atom. The van der Waals surface area contributed by atoms with Crippen molar-refractivity contribution in [1.82, 2.24) is 20.6 Å². The van der Waals surface area contributed by atoms with Gasteiger partial charge < -0.3 is 0 Å². The average molecular weight is 149 g/mol. The molecule has 9 heavy (non-hydrogen) atoms. The second kappa shape index (κ2) is 1.74. The maximum absolute atomic E-state index is 9.96. The fourth-order valence-corrected chi connectivity index (χ4v) is 0.546. The molecule has 0 aliphatic heterocycles. The second-order valence-electron chi connectivity index (χ2n) is 1.16. The van der Waals surface area contributed by atoms with Crippen molar-refractivity contribution >= 4 is 10.1 Å². The van der Waals surface area contributed by atoms with E-state index in [2.05, 4.69) is 15.5 Å². The summed E-state index contributed by atoms with van der Waals surface area (Å²) in [5.41, 5.74) is 0. The molecule has 0 aliphatic carbocycles. The van der Waals surface area contributed by atoms with E-state index in [9.17, 15) is 13.0 Å². The molecule has 1 aromatic heterocycles. The van der Waals surface area contributed by atoms with Gasteiger partial charge in [-0.2, -0.15) is 8.42 Å². The third-order valence-corrected chi connectivity index (χ3v) is 1.21. The highest BCUT2D eigenvalue weighted by Crippen LogP contribution is 1.93. The molecule has 1 rings (SSSR count). The summed E-state index contributed by atoms with van der Waals surface area (Å²) in [7, 11) is -4.50. The van der Waals surface area contributed by atoms with E-state index in [-0.39, 0.29) is 0 Å². The molecule has 0 aromatic carbocycles. The molecule has 0 aliphatic rings. The minimum Gasteiger partial charge on any atom is -0.228 e. The fraction of sp³-hybridized carbons (Fsp3) is 0. The number of rotatable bonds is 1. The van der Waals surface area contributed by atoms with E-state index in [0.717, 1.165) is 0 Å². The molecule has 0 saturated heterocycles. The molecule has 1 radical (unpaired) electrons. The number of hydrogen-bond acceptors (Lipinski definition) is 5. The van der Waals surface area contributed by atoms with Gasteiger partial charge in [-0.3, -0.25) is 0 Å². The third-order valence-electron chi connectivity index (χ3n) is 0.563. The van der Waals surface area contributed by atoms with Crippen LogP contribution in [-0.4, -0.2) is 29.0 Å². The molecule has 0 fully saturated rings. The number of hydrogen-bond donors (Lipinski definition) is 1. The molecule has 8 heteroatoms. The van der Waals surface area contributed by atoms with Gasteiger partial charge in [-0.1, -0.05) is 9.65 Å². The van der Waals surface area contributed by atoms with Gasteiger partial charge >= 0.3 is 10.1 Å². The highest BCUT2D eigenvalue weighted by atomic mass is 32.2. The third kappa shape index (κ3) is 1.21. The minimum atomic E-state index is -4.50. The van der Waals surface area contributed by atoms with Crippen LogP contribution in [0.15, 0.2) is 5.16 Å². The van der Waals surface area contributed by atoms with Gasteiger partial charge in [0, 0.05) is 0 Å². The van der Waals surface area contributed by atoms with Crippen LogP contribution in [0.2, 0.25) is 0 Å². The van der Waals surface area contributed by atoms with Crippen molar-refractivity contribution in [1.29, 1.82) is 0 Å². The van der Waals surface area contributed by atoms with E-state index in [0.29, 0.717) is 0 Å². The number of tetrazole rings is 1. The van der Waals surface area contributed by atoms with Crippen molar-refractivity contribution in [2.45, 2.75) is 5.16 Å². The van der Waals surface area contributed by atoms with E-state index in [1.165, 1.54) is 0 Å². The van der Waals surface area contributed by atoms with Gasteiger partial charge in [0.1, 0.15) is 0 Å². The molecule has 49 valence electrons. The molecule has 1 heterocycles. The van der Waals surface area contributed by atoms with Crippen molar-refractivity contribution in [3.05, 3.63) is 0 Å². The maximum atomic E-state index is 9.96. The molecular formula is CHN4O3S. The van der Waals surface area contributed by atoms with Gasteiger partial charge in [0.25, 0.3) is 5.16 Å². The van der Waals surface area contributed by atoms with Gasteiger partial charge in [0.05, 0.1) is 0 Å². The van der Waals surface area contributed by atoms with Gasteiger partial charge in [0.2, 0.25) is 0 Å². The molecule has 7 nitrogen and oxygen atoms in total. The maximum Gasteiger partial charge on any atom is 0.361 e. The number of nitrogens with one attached hydrogen (secondary N) is 1. The van der Waals surface area contributed by atoms with Crippen LogP contribution in [0.25, 0.3) is 0 Å². The molecule has 1 aromatic rings. The van der Waals surface area contributed by atoms with E-state index in [1.54, 1.807) is 5.10 Å². The molecule has 0 atom stereocenters. The number of aromatic amines is 1. The summed E-state index contributed by atoms with van der Waals surface area (Å²) in [6.07, 6.45) is 0.